The third-order valence-corrected chi connectivity index (χ3v) is 3.44. The second kappa shape index (κ2) is 5.73. The van der Waals surface area contributed by atoms with Crippen molar-refractivity contribution in [2.75, 3.05) is 0 Å². The summed E-state index contributed by atoms with van der Waals surface area (Å²) in [6.45, 7) is 5.00. The topological polar surface area (TPSA) is 109 Å². The highest BCUT2D eigenvalue weighted by Crippen LogP contribution is 2.18. The number of aromatic carboxylic acids is 1. The van der Waals surface area contributed by atoms with E-state index in [4.69, 9.17) is 10.8 Å². The van der Waals surface area contributed by atoms with Gasteiger partial charge in [0, 0.05) is 0 Å². The molecule has 20 heavy (non-hydrogen) atoms. The van der Waals surface area contributed by atoms with Crippen molar-refractivity contribution >= 4 is 17.8 Å². The van der Waals surface area contributed by atoms with E-state index in [0.717, 1.165) is 0 Å². The molecule has 1 rings (SSSR count). The first kappa shape index (κ1) is 15.7. The van der Waals surface area contributed by atoms with Gasteiger partial charge in [0.15, 0.2) is 0 Å². The van der Waals surface area contributed by atoms with Crippen LogP contribution in [-0.2, 0) is 4.79 Å². The summed E-state index contributed by atoms with van der Waals surface area (Å²) in [5, 5.41) is 11.6. The maximum absolute atomic E-state index is 12.2. The number of carboxylic acids is 1. The minimum Gasteiger partial charge on any atom is -0.478 e. The van der Waals surface area contributed by atoms with Gasteiger partial charge in [-0.25, -0.2) is 4.79 Å². The molecule has 1 atom stereocenters. The van der Waals surface area contributed by atoms with Crippen molar-refractivity contribution in [1.82, 2.24) is 5.32 Å². The first-order chi connectivity index (χ1) is 9.20. The number of nitrogens with two attached hydrogens (primary N) is 1. The Morgan fingerprint density at radius 1 is 1.20 bits per heavy atom. The normalized spacial score (nSPS) is 13.6. The van der Waals surface area contributed by atoms with E-state index in [1.165, 1.54) is 25.1 Å². The Balaban J connectivity index is 3.14. The highest BCUT2D eigenvalue weighted by molar-refractivity contribution is 6.06. The van der Waals surface area contributed by atoms with Crippen LogP contribution in [0.1, 0.15) is 41.5 Å². The first-order valence-corrected chi connectivity index (χ1v) is 6.15. The Labute approximate surface area is 117 Å². The second-order valence-corrected chi connectivity index (χ2v) is 5.03. The Morgan fingerprint density at radius 2 is 1.70 bits per heavy atom. The summed E-state index contributed by atoms with van der Waals surface area (Å²) in [6, 6.07) is 5.79. The third-order valence-electron chi connectivity index (χ3n) is 3.44. The van der Waals surface area contributed by atoms with E-state index in [-0.39, 0.29) is 17.0 Å². The zero-order chi connectivity index (χ0) is 15.5. The number of primary amides is 1. The molecule has 0 aliphatic carbocycles. The molecule has 0 aromatic heterocycles. The molecule has 4 N–H and O–H groups in total. The standard InChI is InChI=1S/C14H18N2O4/c1-8(2)14(3,13(15)20)16-11(17)9-6-4-5-7-10(9)12(18)19/h4-8H,1-3H3,(H2,15,20)(H,16,17)(H,18,19). The average molecular weight is 278 g/mol. The van der Waals surface area contributed by atoms with Gasteiger partial charge in [-0.2, -0.15) is 0 Å². The van der Waals surface area contributed by atoms with Gasteiger partial charge in [0.05, 0.1) is 11.1 Å². The van der Waals surface area contributed by atoms with E-state index in [0.29, 0.717) is 0 Å². The van der Waals surface area contributed by atoms with Gasteiger partial charge in [-0.05, 0) is 25.0 Å². The van der Waals surface area contributed by atoms with E-state index in [2.05, 4.69) is 5.32 Å². The summed E-state index contributed by atoms with van der Waals surface area (Å²) in [7, 11) is 0. The molecule has 0 radical (unpaired) electrons. The molecule has 0 spiro atoms. The number of hydrogen-bond donors (Lipinski definition) is 3. The Hall–Kier alpha value is -2.37. The van der Waals surface area contributed by atoms with Crippen LogP contribution >= 0.6 is 0 Å². The summed E-state index contributed by atoms with van der Waals surface area (Å²) in [5.41, 5.74) is 3.95. The molecule has 0 heterocycles. The largest absolute Gasteiger partial charge is 0.478 e. The Bertz CT molecular complexity index is 554. The minimum atomic E-state index is -1.25. The van der Waals surface area contributed by atoms with Crippen molar-refractivity contribution in [1.29, 1.82) is 0 Å². The second-order valence-electron chi connectivity index (χ2n) is 5.03. The number of benzene rings is 1. The summed E-state index contributed by atoms with van der Waals surface area (Å²) >= 11 is 0. The summed E-state index contributed by atoms with van der Waals surface area (Å²) in [5.74, 6) is -2.76. The van der Waals surface area contributed by atoms with Crippen molar-refractivity contribution in [3.8, 4) is 0 Å². The van der Waals surface area contributed by atoms with E-state index >= 15 is 0 Å². The van der Waals surface area contributed by atoms with Crippen LogP contribution in [0.2, 0.25) is 0 Å². The highest BCUT2D eigenvalue weighted by atomic mass is 16.4. The van der Waals surface area contributed by atoms with Crippen LogP contribution in [-0.4, -0.2) is 28.4 Å². The average Bonchev–Trinajstić information content (AvgIpc) is 2.37. The lowest BCUT2D eigenvalue weighted by Crippen LogP contribution is -2.58. The lowest BCUT2D eigenvalue weighted by molar-refractivity contribution is -0.125. The van der Waals surface area contributed by atoms with Gasteiger partial charge in [-0.3, -0.25) is 9.59 Å². The molecule has 108 valence electrons. The fourth-order valence-electron chi connectivity index (χ4n) is 1.66. The number of amides is 2. The number of hydrogen-bond acceptors (Lipinski definition) is 3. The lowest BCUT2D eigenvalue weighted by Gasteiger charge is -2.31. The number of nitrogens with one attached hydrogen (secondary N) is 1. The molecule has 6 nitrogen and oxygen atoms in total. The van der Waals surface area contributed by atoms with Crippen molar-refractivity contribution in [2.24, 2.45) is 11.7 Å². The van der Waals surface area contributed by atoms with Crippen LogP contribution in [0, 0.1) is 5.92 Å². The van der Waals surface area contributed by atoms with Gasteiger partial charge in [0.2, 0.25) is 5.91 Å². The molecule has 6 heteroatoms. The number of carbonyl (C=O) groups excluding carboxylic acids is 2. The Kier molecular flexibility index (Phi) is 4.49. The monoisotopic (exact) mass is 278 g/mol. The number of carbonyl (C=O) groups is 3. The van der Waals surface area contributed by atoms with Gasteiger partial charge in [0.25, 0.3) is 5.91 Å². The zero-order valence-electron chi connectivity index (χ0n) is 11.6. The van der Waals surface area contributed by atoms with Gasteiger partial charge in [-0.15, -0.1) is 0 Å². The minimum absolute atomic E-state index is 0.00637. The predicted octanol–water partition coefficient (Wildman–Crippen LogP) is 1.01. The number of rotatable bonds is 5. The fourth-order valence-corrected chi connectivity index (χ4v) is 1.66. The molecule has 2 amide bonds. The highest BCUT2D eigenvalue weighted by Gasteiger charge is 2.37. The molecule has 0 aliphatic rings. The van der Waals surface area contributed by atoms with Crippen LogP contribution in [0.3, 0.4) is 0 Å². The zero-order valence-corrected chi connectivity index (χ0v) is 11.6. The van der Waals surface area contributed by atoms with Gasteiger partial charge in [-0.1, -0.05) is 26.0 Å². The van der Waals surface area contributed by atoms with Crippen molar-refractivity contribution in [2.45, 2.75) is 26.3 Å². The molecule has 1 aromatic carbocycles. The molecule has 1 aromatic rings. The lowest BCUT2D eigenvalue weighted by atomic mass is 9.87. The predicted molar refractivity (Wildman–Crippen MR) is 73.3 cm³/mol. The van der Waals surface area contributed by atoms with Crippen molar-refractivity contribution in [3.63, 3.8) is 0 Å². The van der Waals surface area contributed by atoms with Gasteiger partial charge in [0.1, 0.15) is 5.54 Å². The maximum Gasteiger partial charge on any atom is 0.336 e. The quantitative estimate of drug-likeness (QED) is 0.746. The summed E-state index contributed by atoms with van der Waals surface area (Å²) < 4.78 is 0. The van der Waals surface area contributed by atoms with E-state index in [9.17, 15) is 14.4 Å². The number of carboxylic acid groups (broad SMARTS) is 1. The Morgan fingerprint density at radius 3 is 2.10 bits per heavy atom. The molecule has 0 saturated carbocycles. The maximum atomic E-state index is 12.2. The van der Waals surface area contributed by atoms with E-state index in [1.807, 2.05) is 0 Å². The van der Waals surface area contributed by atoms with Crippen LogP contribution in [0.4, 0.5) is 0 Å². The summed E-state index contributed by atoms with van der Waals surface area (Å²) in [6.07, 6.45) is 0. The fraction of sp³-hybridized carbons (Fsp3) is 0.357. The van der Waals surface area contributed by atoms with E-state index in [1.54, 1.807) is 19.9 Å². The van der Waals surface area contributed by atoms with Crippen LogP contribution in [0.15, 0.2) is 24.3 Å². The van der Waals surface area contributed by atoms with Crippen molar-refractivity contribution in [3.05, 3.63) is 35.4 Å². The molecule has 0 bridgehead atoms. The molecular formula is C14H18N2O4. The molecule has 0 saturated heterocycles. The van der Waals surface area contributed by atoms with Crippen LogP contribution in [0.5, 0.6) is 0 Å². The van der Waals surface area contributed by atoms with Gasteiger partial charge < -0.3 is 16.2 Å². The van der Waals surface area contributed by atoms with Crippen LogP contribution < -0.4 is 11.1 Å². The van der Waals surface area contributed by atoms with Crippen molar-refractivity contribution < 1.29 is 19.5 Å². The molecular weight excluding hydrogens is 260 g/mol. The smallest absolute Gasteiger partial charge is 0.336 e. The SMILES string of the molecule is CC(C)C(C)(NC(=O)c1ccccc1C(=O)O)C(N)=O. The summed E-state index contributed by atoms with van der Waals surface area (Å²) in [4.78, 5) is 34.8. The first-order valence-electron chi connectivity index (χ1n) is 6.15. The van der Waals surface area contributed by atoms with Crippen LogP contribution in [0.25, 0.3) is 0 Å². The third kappa shape index (κ3) is 2.96. The van der Waals surface area contributed by atoms with Gasteiger partial charge >= 0.3 is 5.97 Å². The van der Waals surface area contributed by atoms with E-state index < -0.39 is 23.3 Å². The molecule has 1 unspecified atom stereocenters. The molecule has 0 aliphatic heterocycles. The molecule has 0 fully saturated rings.